The van der Waals surface area contributed by atoms with Crippen LogP contribution in [0.3, 0.4) is 0 Å². The number of amides is 2. The van der Waals surface area contributed by atoms with Crippen LogP contribution in [-0.2, 0) is 4.74 Å². The van der Waals surface area contributed by atoms with Crippen molar-refractivity contribution in [2.24, 2.45) is 0 Å². The number of rotatable bonds is 7. The number of carbonyl (C=O) groups excluding carboxylic acids is 1. The first-order chi connectivity index (χ1) is 9.58. The van der Waals surface area contributed by atoms with E-state index in [9.17, 15) is 9.59 Å². The second-order valence-corrected chi connectivity index (χ2v) is 4.04. The van der Waals surface area contributed by atoms with E-state index in [4.69, 9.17) is 9.84 Å². The molecular weight excluding hydrogens is 260 g/mol. The van der Waals surface area contributed by atoms with Crippen molar-refractivity contribution in [1.82, 2.24) is 4.90 Å². The molecule has 0 atom stereocenters. The lowest BCUT2D eigenvalue weighted by molar-refractivity contribution is 0.0697. The number of anilines is 1. The Labute approximate surface area is 117 Å². The molecule has 6 nitrogen and oxygen atoms in total. The van der Waals surface area contributed by atoms with Gasteiger partial charge in [0.1, 0.15) is 0 Å². The van der Waals surface area contributed by atoms with Gasteiger partial charge in [0, 0.05) is 25.9 Å². The number of methoxy groups -OCH3 is 1. The highest BCUT2D eigenvalue weighted by Gasteiger charge is 2.12. The van der Waals surface area contributed by atoms with E-state index >= 15 is 0 Å². The third kappa shape index (κ3) is 4.74. The van der Waals surface area contributed by atoms with Crippen molar-refractivity contribution in [3.8, 4) is 0 Å². The van der Waals surface area contributed by atoms with E-state index < -0.39 is 5.97 Å². The molecule has 1 rings (SSSR count). The van der Waals surface area contributed by atoms with Crippen LogP contribution in [-0.4, -0.2) is 48.8 Å². The Balaban J connectivity index is 2.66. The van der Waals surface area contributed by atoms with Crippen LogP contribution in [0.15, 0.2) is 36.9 Å². The third-order valence-corrected chi connectivity index (χ3v) is 2.59. The highest BCUT2D eigenvalue weighted by atomic mass is 16.5. The first kappa shape index (κ1) is 15.7. The maximum Gasteiger partial charge on any atom is 0.335 e. The van der Waals surface area contributed by atoms with Gasteiger partial charge in [-0.05, 0) is 24.3 Å². The van der Waals surface area contributed by atoms with Gasteiger partial charge in [0.05, 0.1) is 12.2 Å². The lowest BCUT2D eigenvalue weighted by Crippen LogP contribution is -2.37. The number of carboxylic acid groups (broad SMARTS) is 1. The number of nitrogens with one attached hydrogen (secondary N) is 1. The highest BCUT2D eigenvalue weighted by Crippen LogP contribution is 2.10. The zero-order chi connectivity index (χ0) is 15.0. The van der Waals surface area contributed by atoms with Crippen LogP contribution in [0.5, 0.6) is 0 Å². The fraction of sp³-hybridized carbons (Fsp3) is 0.286. The Morgan fingerprint density at radius 1 is 1.40 bits per heavy atom. The minimum Gasteiger partial charge on any atom is -0.478 e. The van der Waals surface area contributed by atoms with E-state index in [2.05, 4.69) is 11.9 Å². The number of urea groups is 1. The van der Waals surface area contributed by atoms with Gasteiger partial charge < -0.3 is 20.1 Å². The smallest absolute Gasteiger partial charge is 0.335 e. The van der Waals surface area contributed by atoms with Crippen molar-refractivity contribution < 1.29 is 19.4 Å². The molecule has 0 unspecified atom stereocenters. The van der Waals surface area contributed by atoms with Crippen molar-refractivity contribution in [3.05, 3.63) is 42.5 Å². The SMILES string of the molecule is C=CCN(CCOC)C(=O)Nc1ccc(C(=O)O)cc1. The molecule has 108 valence electrons. The topological polar surface area (TPSA) is 78.9 Å². The van der Waals surface area contributed by atoms with E-state index in [0.717, 1.165) is 0 Å². The number of ether oxygens (including phenoxy) is 1. The molecule has 20 heavy (non-hydrogen) atoms. The summed E-state index contributed by atoms with van der Waals surface area (Å²) in [5.41, 5.74) is 0.705. The van der Waals surface area contributed by atoms with Crippen LogP contribution in [0.1, 0.15) is 10.4 Å². The van der Waals surface area contributed by atoms with E-state index in [1.54, 1.807) is 30.2 Å². The van der Waals surface area contributed by atoms with Crippen LogP contribution >= 0.6 is 0 Å². The van der Waals surface area contributed by atoms with E-state index in [0.29, 0.717) is 25.4 Å². The van der Waals surface area contributed by atoms with Gasteiger partial charge in [-0.15, -0.1) is 6.58 Å². The molecule has 2 N–H and O–H groups in total. The third-order valence-electron chi connectivity index (χ3n) is 2.59. The number of carboxylic acids is 1. The second-order valence-electron chi connectivity index (χ2n) is 4.04. The number of nitrogens with zero attached hydrogens (tertiary/aromatic N) is 1. The van der Waals surface area contributed by atoms with Crippen LogP contribution in [0.4, 0.5) is 10.5 Å². The molecule has 0 radical (unpaired) electrons. The number of benzene rings is 1. The minimum atomic E-state index is -1.00. The molecule has 0 spiro atoms. The molecule has 0 aromatic heterocycles. The summed E-state index contributed by atoms with van der Waals surface area (Å²) in [7, 11) is 1.56. The summed E-state index contributed by atoms with van der Waals surface area (Å²) < 4.78 is 4.94. The van der Waals surface area contributed by atoms with Crippen molar-refractivity contribution >= 4 is 17.7 Å². The molecule has 0 bridgehead atoms. The lowest BCUT2D eigenvalue weighted by Gasteiger charge is -2.21. The predicted molar refractivity (Wildman–Crippen MR) is 76.1 cm³/mol. The van der Waals surface area contributed by atoms with Crippen molar-refractivity contribution in [3.63, 3.8) is 0 Å². The molecule has 0 saturated carbocycles. The Hall–Kier alpha value is -2.34. The number of carbonyl (C=O) groups is 2. The average molecular weight is 278 g/mol. The van der Waals surface area contributed by atoms with Crippen LogP contribution in [0.2, 0.25) is 0 Å². The monoisotopic (exact) mass is 278 g/mol. The van der Waals surface area contributed by atoms with Crippen LogP contribution in [0.25, 0.3) is 0 Å². The zero-order valence-electron chi connectivity index (χ0n) is 11.3. The molecule has 1 aromatic rings. The summed E-state index contributed by atoms with van der Waals surface area (Å²) in [6, 6.07) is 5.67. The van der Waals surface area contributed by atoms with Gasteiger partial charge in [0.2, 0.25) is 0 Å². The highest BCUT2D eigenvalue weighted by molar-refractivity contribution is 5.91. The summed E-state index contributed by atoms with van der Waals surface area (Å²) in [4.78, 5) is 24.3. The first-order valence-electron chi connectivity index (χ1n) is 6.07. The molecule has 2 amide bonds. The van der Waals surface area contributed by atoms with Crippen molar-refractivity contribution in [2.45, 2.75) is 0 Å². The minimum absolute atomic E-state index is 0.172. The van der Waals surface area contributed by atoms with Gasteiger partial charge in [0.15, 0.2) is 0 Å². The Kier molecular flexibility index (Phi) is 6.25. The molecule has 0 saturated heterocycles. The van der Waals surface area contributed by atoms with E-state index in [-0.39, 0.29) is 11.6 Å². The maximum atomic E-state index is 12.0. The molecule has 0 aliphatic carbocycles. The average Bonchev–Trinajstić information content (AvgIpc) is 2.43. The largest absolute Gasteiger partial charge is 0.478 e. The van der Waals surface area contributed by atoms with Crippen molar-refractivity contribution in [1.29, 1.82) is 0 Å². The van der Waals surface area contributed by atoms with Gasteiger partial charge >= 0.3 is 12.0 Å². The van der Waals surface area contributed by atoms with Crippen molar-refractivity contribution in [2.75, 3.05) is 32.1 Å². The first-order valence-corrected chi connectivity index (χ1v) is 6.07. The number of hydrogen-bond acceptors (Lipinski definition) is 3. The fourth-order valence-corrected chi connectivity index (χ4v) is 1.53. The summed E-state index contributed by atoms with van der Waals surface area (Å²) in [6.45, 7) is 4.88. The molecular formula is C14H18N2O4. The molecule has 0 fully saturated rings. The van der Waals surface area contributed by atoms with Crippen LogP contribution < -0.4 is 5.32 Å². The molecule has 0 aliphatic rings. The number of aromatic carboxylic acids is 1. The summed E-state index contributed by atoms with van der Waals surface area (Å²) in [5.74, 6) is -1.00. The second kappa shape index (κ2) is 7.96. The van der Waals surface area contributed by atoms with Gasteiger partial charge in [0.25, 0.3) is 0 Å². The molecule has 6 heteroatoms. The van der Waals surface area contributed by atoms with E-state index in [1.165, 1.54) is 12.1 Å². The maximum absolute atomic E-state index is 12.0. The van der Waals surface area contributed by atoms with Gasteiger partial charge in [-0.1, -0.05) is 6.08 Å². The Bertz CT molecular complexity index is 471. The summed E-state index contributed by atoms with van der Waals surface area (Å²) in [5, 5.41) is 11.5. The normalized spacial score (nSPS) is 9.85. The van der Waals surface area contributed by atoms with Gasteiger partial charge in [-0.3, -0.25) is 0 Å². The predicted octanol–water partition coefficient (Wildman–Crippen LogP) is 2.05. The quantitative estimate of drug-likeness (QED) is 0.748. The Morgan fingerprint density at radius 2 is 2.05 bits per heavy atom. The molecule has 0 heterocycles. The summed E-state index contributed by atoms with van der Waals surface area (Å²) in [6.07, 6.45) is 1.63. The standard InChI is InChI=1S/C14H18N2O4/c1-3-8-16(9-10-20-2)14(19)15-12-6-4-11(5-7-12)13(17)18/h3-7H,1,8-10H2,2H3,(H,15,19)(H,17,18). The summed E-state index contributed by atoms with van der Waals surface area (Å²) >= 11 is 0. The number of hydrogen-bond donors (Lipinski definition) is 2. The van der Waals surface area contributed by atoms with E-state index in [1.807, 2.05) is 0 Å². The lowest BCUT2D eigenvalue weighted by atomic mass is 10.2. The molecule has 1 aromatic carbocycles. The zero-order valence-corrected chi connectivity index (χ0v) is 11.3. The van der Waals surface area contributed by atoms with Gasteiger partial charge in [-0.25, -0.2) is 9.59 Å². The molecule has 0 aliphatic heterocycles. The fourth-order valence-electron chi connectivity index (χ4n) is 1.53. The Morgan fingerprint density at radius 3 is 2.55 bits per heavy atom. The van der Waals surface area contributed by atoms with Gasteiger partial charge in [-0.2, -0.15) is 0 Å². The van der Waals surface area contributed by atoms with Crippen LogP contribution in [0, 0.1) is 0 Å².